The number of piperidine rings is 1. The number of carbonyl (C=O) groups is 2. The van der Waals surface area contributed by atoms with Crippen molar-refractivity contribution in [2.75, 3.05) is 26.7 Å². The fourth-order valence-electron chi connectivity index (χ4n) is 5.03. The van der Waals surface area contributed by atoms with Gasteiger partial charge in [0.2, 0.25) is 5.91 Å². The lowest BCUT2D eigenvalue weighted by Gasteiger charge is -2.46. The van der Waals surface area contributed by atoms with Gasteiger partial charge in [-0.05, 0) is 39.4 Å². The van der Waals surface area contributed by atoms with Gasteiger partial charge in [0.15, 0.2) is 0 Å². The Morgan fingerprint density at radius 3 is 2.59 bits per heavy atom. The minimum atomic E-state index is -1.04. The summed E-state index contributed by atoms with van der Waals surface area (Å²) in [6.07, 6.45) is 7.09. The molecular weight excluding hydrogens is 390 g/mol. The molecule has 0 aliphatic carbocycles. The molecule has 2 N–H and O–H groups in total. The summed E-state index contributed by atoms with van der Waals surface area (Å²) in [5, 5.41) is 20.1. The van der Waals surface area contributed by atoms with E-state index in [4.69, 9.17) is 0 Å². The van der Waals surface area contributed by atoms with Crippen LogP contribution in [0, 0.1) is 11.8 Å². The maximum absolute atomic E-state index is 12.5. The highest BCUT2D eigenvalue weighted by Gasteiger charge is 2.60. The Morgan fingerprint density at radius 2 is 2.03 bits per heavy atom. The summed E-state index contributed by atoms with van der Waals surface area (Å²) in [5.74, 6) is -1.86. The van der Waals surface area contributed by atoms with Crippen LogP contribution in [0.25, 0.3) is 0 Å². The lowest BCUT2D eigenvalue weighted by atomic mass is 9.79. The number of carboxylic acid groups (broad SMARTS) is 1. The van der Waals surface area contributed by atoms with Crippen LogP contribution in [-0.2, 0) is 9.59 Å². The molecule has 4 rings (SSSR count). The van der Waals surface area contributed by atoms with Gasteiger partial charge in [0.25, 0.3) is 0 Å². The highest BCUT2D eigenvalue weighted by molar-refractivity contribution is 8.03. The molecule has 7 nitrogen and oxygen atoms in total. The van der Waals surface area contributed by atoms with Crippen LogP contribution in [0.1, 0.15) is 33.1 Å². The molecule has 3 saturated heterocycles. The van der Waals surface area contributed by atoms with Gasteiger partial charge in [0.05, 0.1) is 18.1 Å². The third kappa shape index (κ3) is 3.59. The van der Waals surface area contributed by atoms with Crippen molar-refractivity contribution in [3.8, 4) is 0 Å². The first-order chi connectivity index (χ1) is 13.8. The van der Waals surface area contributed by atoms with E-state index in [0.717, 1.165) is 37.4 Å². The van der Waals surface area contributed by atoms with Crippen LogP contribution in [0.15, 0.2) is 22.9 Å². The normalized spacial score (nSPS) is 36.3. The Balaban J connectivity index is 1.44. The van der Waals surface area contributed by atoms with Crippen molar-refractivity contribution in [1.29, 1.82) is 0 Å². The van der Waals surface area contributed by atoms with Crippen molar-refractivity contribution >= 4 is 23.6 Å². The molecule has 6 atom stereocenters. The molecule has 0 spiro atoms. The number of aliphatic hydroxyl groups is 1. The highest BCUT2D eigenvalue weighted by Crippen LogP contribution is 2.52. The minimum Gasteiger partial charge on any atom is -0.477 e. The number of nitrogens with zero attached hydrogens (tertiary/aromatic N) is 3. The average molecular weight is 422 g/mol. The Hall–Kier alpha value is -1.51. The van der Waals surface area contributed by atoms with Crippen molar-refractivity contribution in [2.24, 2.45) is 11.8 Å². The number of β-lactam (4-membered cyclic amide) rings is 1. The largest absolute Gasteiger partial charge is 0.477 e. The summed E-state index contributed by atoms with van der Waals surface area (Å²) in [7, 11) is 2.13. The summed E-state index contributed by atoms with van der Waals surface area (Å²) in [5.41, 5.74) is 0.136. The smallest absolute Gasteiger partial charge is 0.353 e. The lowest BCUT2D eigenvalue weighted by molar-refractivity contribution is -0.163. The van der Waals surface area contributed by atoms with Crippen LogP contribution in [0.4, 0.5) is 0 Å². The topological polar surface area (TPSA) is 84.3 Å². The maximum atomic E-state index is 12.5. The molecule has 0 bridgehead atoms. The zero-order valence-corrected chi connectivity index (χ0v) is 18.1. The van der Waals surface area contributed by atoms with E-state index >= 15 is 0 Å². The molecule has 0 saturated carbocycles. The second-order valence-electron chi connectivity index (χ2n) is 8.83. The predicted molar refractivity (Wildman–Crippen MR) is 112 cm³/mol. The Kier molecular flexibility index (Phi) is 5.70. The van der Waals surface area contributed by atoms with Crippen LogP contribution < -0.4 is 0 Å². The van der Waals surface area contributed by atoms with Crippen molar-refractivity contribution in [1.82, 2.24) is 14.7 Å². The first-order valence-electron chi connectivity index (χ1n) is 10.6. The Morgan fingerprint density at radius 1 is 1.31 bits per heavy atom. The SMILES string of the molecule is CC1C(SC2CCC(/C=C/N3CCC3)N(C)C2)=C(C(=O)O)N2C(=O)[C@H]([C@@H](C)O)C12. The predicted octanol–water partition coefficient (Wildman–Crippen LogP) is 1.56. The molecule has 160 valence electrons. The average Bonchev–Trinajstić information content (AvgIpc) is 2.84. The quantitative estimate of drug-likeness (QED) is 0.630. The van der Waals surface area contributed by atoms with E-state index in [0.29, 0.717) is 11.3 Å². The second-order valence-corrected chi connectivity index (χ2v) is 10.2. The molecule has 0 radical (unpaired) electrons. The third-order valence-corrected chi connectivity index (χ3v) is 8.39. The molecule has 4 aliphatic rings. The summed E-state index contributed by atoms with van der Waals surface area (Å²) >= 11 is 1.63. The number of fused-ring (bicyclic) bond motifs is 1. The maximum Gasteiger partial charge on any atom is 0.353 e. The molecule has 29 heavy (non-hydrogen) atoms. The molecule has 4 unspecified atom stereocenters. The van der Waals surface area contributed by atoms with Crippen LogP contribution >= 0.6 is 11.8 Å². The zero-order valence-electron chi connectivity index (χ0n) is 17.3. The first-order valence-corrected chi connectivity index (χ1v) is 11.5. The van der Waals surface area contributed by atoms with Gasteiger partial charge in [-0.1, -0.05) is 13.0 Å². The standard InChI is InChI=1S/C21H31N3O4S/c1-12-17-16(13(2)25)20(26)24(17)18(21(27)28)19(12)29-15-6-5-14(22(3)11-15)7-10-23-8-4-9-23/h7,10,12-17,25H,4-6,8-9,11H2,1-3H3,(H,27,28)/b10-7+/t12?,13-,14?,15?,16-,17?/m1/s1. The van der Waals surface area contributed by atoms with Crippen LogP contribution in [-0.4, -0.2) is 86.9 Å². The van der Waals surface area contributed by atoms with E-state index < -0.39 is 18.0 Å². The molecule has 8 heteroatoms. The van der Waals surface area contributed by atoms with E-state index in [2.05, 4.69) is 29.1 Å². The number of carbonyl (C=O) groups excluding carboxylic acids is 1. The van der Waals surface area contributed by atoms with E-state index in [1.807, 2.05) is 6.92 Å². The van der Waals surface area contributed by atoms with E-state index in [9.17, 15) is 19.8 Å². The number of amides is 1. The molecule has 4 aliphatic heterocycles. The number of carboxylic acids is 1. The second kappa shape index (κ2) is 7.96. The number of likely N-dealkylation sites (tertiary alicyclic amines) is 2. The van der Waals surface area contributed by atoms with Gasteiger partial charge in [0.1, 0.15) is 5.70 Å². The molecule has 0 aromatic carbocycles. The molecule has 3 fully saturated rings. The van der Waals surface area contributed by atoms with Gasteiger partial charge >= 0.3 is 5.97 Å². The van der Waals surface area contributed by atoms with Gasteiger partial charge in [0, 0.05) is 41.7 Å². The van der Waals surface area contributed by atoms with Gasteiger partial charge in [-0.25, -0.2) is 4.79 Å². The van der Waals surface area contributed by atoms with Crippen LogP contribution in [0.5, 0.6) is 0 Å². The van der Waals surface area contributed by atoms with Crippen molar-refractivity contribution < 1.29 is 19.8 Å². The van der Waals surface area contributed by atoms with Crippen LogP contribution in [0.2, 0.25) is 0 Å². The van der Waals surface area contributed by atoms with Gasteiger partial charge in [-0.2, -0.15) is 0 Å². The summed E-state index contributed by atoms with van der Waals surface area (Å²) in [6.45, 7) is 6.80. The third-order valence-electron chi connectivity index (χ3n) is 6.86. The summed E-state index contributed by atoms with van der Waals surface area (Å²) in [6, 6.07) is 0.187. The molecule has 1 amide bonds. The van der Waals surface area contributed by atoms with Crippen molar-refractivity contribution in [2.45, 2.75) is 56.5 Å². The molecule has 0 aromatic rings. The Labute approximate surface area is 176 Å². The monoisotopic (exact) mass is 421 g/mol. The van der Waals surface area contributed by atoms with E-state index in [1.165, 1.54) is 11.3 Å². The van der Waals surface area contributed by atoms with Crippen molar-refractivity contribution in [3.63, 3.8) is 0 Å². The number of hydrogen-bond donors (Lipinski definition) is 2. The summed E-state index contributed by atoms with van der Waals surface area (Å²) in [4.78, 5) is 31.3. The minimum absolute atomic E-state index is 0.0576. The summed E-state index contributed by atoms with van der Waals surface area (Å²) < 4.78 is 0. The van der Waals surface area contributed by atoms with Crippen molar-refractivity contribution in [3.05, 3.63) is 22.9 Å². The number of hydrogen-bond acceptors (Lipinski definition) is 6. The number of aliphatic carboxylic acids is 1. The van der Waals surface area contributed by atoms with Gasteiger partial charge < -0.3 is 20.0 Å². The number of rotatable bonds is 6. The fourth-order valence-corrected chi connectivity index (χ4v) is 6.61. The zero-order chi connectivity index (χ0) is 20.9. The fraction of sp³-hybridized carbons (Fsp3) is 0.714. The van der Waals surface area contributed by atoms with E-state index in [1.54, 1.807) is 18.7 Å². The van der Waals surface area contributed by atoms with Gasteiger partial charge in [-0.15, -0.1) is 11.8 Å². The van der Waals surface area contributed by atoms with Crippen LogP contribution in [0.3, 0.4) is 0 Å². The molecule has 4 heterocycles. The number of thioether (sulfide) groups is 1. The highest BCUT2D eigenvalue weighted by atomic mass is 32.2. The molecule has 0 aromatic heterocycles. The molecular formula is C21H31N3O4S. The van der Waals surface area contributed by atoms with Gasteiger partial charge in [-0.3, -0.25) is 9.69 Å². The van der Waals surface area contributed by atoms with E-state index in [-0.39, 0.29) is 23.6 Å². The first kappa shape index (κ1) is 20.8. The lowest BCUT2D eigenvalue weighted by Crippen LogP contribution is -2.63. The number of likely N-dealkylation sites (N-methyl/N-ethyl adjacent to an activating group) is 1. The number of aliphatic hydroxyl groups excluding tert-OH is 1. The Bertz CT molecular complexity index is 748.